The van der Waals surface area contributed by atoms with Gasteiger partial charge in [-0.2, -0.15) is 0 Å². The van der Waals surface area contributed by atoms with Crippen molar-refractivity contribution in [2.75, 3.05) is 26.2 Å². The Morgan fingerprint density at radius 2 is 0.932 bits per heavy atom. The average molecular weight is 793 g/mol. The van der Waals surface area contributed by atoms with Gasteiger partial charge < -0.3 is 28.2 Å². The van der Waals surface area contributed by atoms with Crippen molar-refractivity contribution < 1.29 is 19.0 Å². The molecule has 2 fully saturated rings. The number of nitrogens with zero attached hydrogens (tertiary/aromatic N) is 6. The lowest BCUT2D eigenvalue weighted by molar-refractivity contribution is 0.218. The van der Waals surface area contributed by atoms with Crippen LogP contribution in [0.4, 0.5) is 0 Å². The molecule has 0 atom stereocenters. The zero-order valence-electron chi connectivity index (χ0n) is 33.5. The predicted octanol–water partition coefficient (Wildman–Crippen LogP) is 8.47. The molecule has 8 aromatic rings. The number of phenolic OH excluding ortho intramolecular Hbond substituents is 2. The fourth-order valence-electron chi connectivity index (χ4n) is 8.71. The molecule has 0 spiro atoms. The minimum absolute atomic E-state index is 0.168. The molecule has 4 aromatic carbocycles. The second-order valence-corrected chi connectivity index (χ2v) is 15.9. The number of para-hydroxylation sites is 4. The molecule has 2 N–H and O–H groups in total. The van der Waals surface area contributed by atoms with Gasteiger partial charge in [0.15, 0.2) is 0 Å². The first-order valence-electron chi connectivity index (χ1n) is 20.6. The van der Waals surface area contributed by atoms with E-state index in [1.807, 2.05) is 83.9 Å². The van der Waals surface area contributed by atoms with Crippen LogP contribution in [0, 0.1) is 0 Å². The summed E-state index contributed by atoms with van der Waals surface area (Å²) in [5.74, 6) is 1.49. The maximum atomic E-state index is 13.0. The van der Waals surface area contributed by atoms with Gasteiger partial charge in [0.25, 0.3) is 0 Å². The van der Waals surface area contributed by atoms with Gasteiger partial charge in [-0.1, -0.05) is 43.5 Å². The van der Waals surface area contributed by atoms with E-state index in [9.17, 15) is 19.8 Å². The standard InChI is InChI=1S/C24H25N3O3.C23H23N3O3/c1-26-20-9-5-4-8-19(20)25-23(26)17-14-16-10-11-21(28)18(22(16)30-24(17)29)15-27-12-6-2-3-7-13-27;1-25-19-8-4-3-7-18(19)24-22(25)16-13-15-9-10-20(27)17(21(15)29-23(16)28)14-26-11-5-2-6-12-26/h4-5,8-11,14,28H,2-3,6-7,12-13,15H2,1H3;3-4,7-10,13,27H,2,5-6,11-12,14H2,1H3. The molecular formula is C47H48N6O6. The number of rotatable bonds is 6. The van der Waals surface area contributed by atoms with Gasteiger partial charge in [-0.3, -0.25) is 9.80 Å². The first-order valence-corrected chi connectivity index (χ1v) is 20.6. The van der Waals surface area contributed by atoms with E-state index in [0.717, 1.165) is 84.7 Å². The number of aromatic hydroxyl groups is 2. The van der Waals surface area contributed by atoms with Gasteiger partial charge in [-0.05, 0) is 113 Å². The second kappa shape index (κ2) is 16.2. The fourth-order valence-corrected chi connectivity index (χ4v) is 8.71. The average Bonchev–Trinajstić information content (AvgIpc) is 3.62. The van der Waals surface area contributed by atoms with Crippen molar-refractivity contribution in [3.63, 3.8) is 0 Å². The molecule has 12 heteroatoms. The highest BCUT2D eigenvalue weighted by Crippen LogP contribution is 2.33. The highest BCUT2D eigenvalue weighted by molar-refractivity contribution is 5.88. The normalized spacial score (nSPS) is 15.5. The van der Waals surface area contributed by atoms with E-state index in [1.54, 1.807) is 24.3 Å². The molecule has 59 heavy (non-hydrogen) atoms. The number of hydrogen-bond acceptors (Lipinski definition) is 10. The van der Waals surface area contributed by atoms with Crippen LogP contribution in [0.3, 0.4) is 0 Å². The van der Waals surface area contributed by atoms with Crippen LogP contribution in [-0.2, 0) is 27.2 Å². The Hall–Kier alpha value is -6.24. The molecule has 0 radical (unpaired) electrons. The Kier molecular flexibility index (Phi) is 10.5. The molecule has 302 valence electrons. The number of piperidine rings is 1. The SMILES string of the molecule is Cn1c(-c2cc3ccc(O)c(CN4CCCCC4)c3oc2=O)nc2ccccc21.Cn1c(-c2cc3ccc(O)c(CN4CCCCCC4)c3oc2=O)nc2ccccc21. The summed E-state index contributed by atoms with van der Waals surface area (Å²) in [6.45, 7) is 5.15. The van der Waals surface area contributed by atoms with Crippen molar-refractivity contribution in [1.82, 2.24) is 28.9 Å². The van der Waals surface area contributed by atoms with Crippen LogP contribution in [0.1, 0.15) is 56.1 Å². The highest BCUT2D eigenvalue weighted by atomic mass is 16.4. The van der Waals surface area contributed by atoms with Gasteiger partial charge in [0.2, 0.25) is 0 Å². The third kappa shape index (κ3) is 7.50. The summed E-state index contributed by atoms with van der Waals surface area (Å²) in [5, 5.41) is 22.6. The van der Waals surface area contributed by atoms with Gasteiger partial charge in [0, 0.05) is 38.0 Å². The third-order valence-corrected chi connectivity index (χ3v) is 11.9. The topological polar surface area (TPSA) is 143 Å². The lowest BCUT2D eigenvalue weighted by atomic mass is 10.1. The zero-order chi connectivity index (χ0) is 40.6. The molecule has 10 rings (SSSR count). The first-order chi connectivity index (χ1) is 28.7. The molecule has 2 saturated heterocycles. The summed E-state index contributed by atoms with van der Waals surface area (Å²) in [5.41, 5.74) is 5.83. The van der Waals surface area contributed by atoms with Gasteiger partial charge in [0.1, 0.15) is 45.4 Å². The number of imidazole rings is 2. The Labute approximate surface area is 340 Å². The molecular weight excluding hydrogens is 745 g/mol. The Morgan fingerprint density at radius 1 is 0.542 bits per heavy atom. The van der Waals surface area contributed by atoms with Crippen LogP contribution in [-0.4, -0.2) is 65.3 Å². The summed E-state index contributed by atoms with van der Waals surface area (Å²) < 4.78 is 15.4. The number of benzene rings is 4. The maximum Gasteiger partial charge on any atom is 0.347 e. The zero-order valence-corrected chi connectivity index (χ0v) is 33.5. The summed E-state index contributed by atoms with van der Waals surface area (Å²) in [4.78, 5) is 39.8. The molecule has 6 heterocycles. The summed E-state index contributed by atoms with van der Waals surface area (Å²) >= 11 is 0. The number of phenols is 2. The van der Waals surface area contributed by atoms with E-state index in [1.165, 1.54) is 19.3 Å². The van der Waals surface area contributed by atoms with E-state index < -0.39 is 11.3 Å². The Balaban J connectivity index is 0.000000152. The molecule has 0 aliphatic carbocycles. The molecule has 0 bridgehead atoms. The quantitative estimate of drug-likeness (QED) is 0.158. The summed E-state index contributed by atoms with van der Waals surface area (Å²) in [6, 6.07) is 26.2. The molecule has 4 aromatic heterocycles. The van der Waals surface area contributed by atoms with Crippen molar-refractivity contribution in [2.45, 2.75) is 58.0 Å². The van der Waals surface area contributed by atoms with Crippen LogP contribution in [0.2, 0.25) is 0 Å². The maximum absolute atomic E-state index is 13.0. The smallest absolute Gasteiger partial charge is 0.347 e. The Bertz CT molecular complexity index is 2950. The van der Waals surface area contributed by atoms with E-state index in [0.29, 0.717) is 58.2 Å². The monoisotopic (exact) mass is 792 g/mol. The van der Waals surface area contributed by atoms with Crippen LogP contribution in [0.5, 0.6) is 11.5 Å². The van der Waals surface area contributed by atoms with Crippen LogP contribution in [0.25, 0.3) is 66.8 Å². The number of aromatic nitrogens is 4. The van der Waals surface area contributed by atoms with Gasteiger partial charge in [0.05, 0.1) is 33.2 Å². The third-order valence-electron chi connectivity index (χ3n) is 11.9. The number of aryl methyl sites for hydroxylation is 2. The van der Waals surface area contributed by atoms with Gasteiger partial charge in [-0.25, -0.2) is 19.6 Å². The van der Waals surface area contributed by atoms with E-state index in [-0.39, 0.29) is 11.5 Å². The van der Waals surface area contributed by atoms with Crippen molar-refractivity contribution >= 4 is 44.0 Å². The largest absolute Gasteiger partial charge is 0.507 e. The first kappa shape index (κ1) is 38.3. The second-order valence-electron chi connectivity index (χ2n) is 15.9. The van der Waals surface area contributed by atoms with Crippen LogP contribution < -0.4 is 11.3 Å². The molecule has 12 nitrogen and oxygen atoms in total. The van der Waals surface area contributed by atoms with Crippen molar-refractivity contribution in [1.29, 1.82) is 0 Å². The predicted molar refractivity (Wildman–Crippen MR) is 231 cm³/mol. The van der Waals surface area contributed by atoms with E-state index in [4.69, 9.17) is 8.83 Å². The van der Waals surface area contributed by atoms with Gasteiger partial charge >= 0.3 is 11.3 Å². The van der Waals surface area contributed by atoms with Crippen molar-refractivity contribution in [3.8, 4) is 34.3 Å². The number of likely N-dealkylation sites (tertiary alicyclic amines) is 2. The molecule has 0 unspecified atom stereocenters. The highest BCUT2D eigenvalue weighted by Gasteiger charge is 2.22. The van der Waals surface area contributed by atoms with Crippen molar-refractivity contribution in [3.05, 3.63) is 117 Å². The lowest BCUT2D eigenvalue weighted by Crippen LogP contribution is -2.29. The van der Waals surface area contributed by atoms with Crippen molar-refractivity contribution in [2.24, 2.45) is 14.1 Å². The molecule has 0 amide bonds. The van der Waals surface area contributed by atoms with E-state index >= 15 is 0 Å². The molecule has 0 saturated carbocycles. The summed E-state index contributed by atoms with van der Waals surface area (Å²) in [6.07, 6.45) is 8.37. The summed E-state index contributed by atoms with van der Waals surface area (Å²) in [7, 11) is 3.79. The number of hydrogen-bond donors (Lipinski definition) is 2. The lowest BCUT2D eigenvalue weighted by Gasteiger charge is -2.26. The minimum atomic E-state index is -0.443. The van der Waals surface area contributed by atoms with Gasteiger partial charge in [-0.15, -0.1) is 0 Å². The Morgan fingerprint density at radius 3 is 1.34 bits per heavy atom. The molecule has 2 aliphatic rings. The van der Waals surface area contributed by atoms with Crippen LogP contribution in [0.15, 0.2) is 103 Å². The minimum Gasteiger partial charge on any atom is -0.507 e. The molecule has 2 aliphatic heterocycles. The van der Waals surface area contributed by atoms with E-state index in [2.05, 4.69) is 19.8 Å². The number of fused-ring (bicyclic) bond motifs is 4. The van der Waals surface area contributed by atoms with Crippen LogP contribution >= 0.6 is 0 Å². The fraction of sp³-hybridized carbons (Fsp3) is 0.319.